The fourth-order valence-electron chi connectivity index (χ4n) is 1.64. The Morgan fingerprint density at radius 1 is 1.29 bits per heavy atom. The molecule has 8 heteroatoms. The third kappa shape index (κ3) is 3.89. The number of hydrogen-bond acceptors (Lipinski definition) is 5. The van der Waals surface area contributed by atoms with Gasteiger partial charge < -0.3 is 0 Å². The molecule has 0 N–H and O–H groups in total. The number of halogens is 1. The molecule has 0 atom stereocenters. The van der Waals surface area contributed by atoms with Crippen molar-refractivity contribution in [2.75, 3.05) is 5.75 Å². The predicted molar refractivity (Wildman–Crippen MR) is 84.4 cm³/mol. The second-order valence-corrected chi connectivity index (χ2v) is 7.55. The second kappa shape index (κ2) is 6.36. The van der Waals surface area contributed by atoms with E-state index >= 15 is 0 Å². The Kier molecular flexibility index (Phi) is 4.74. The summed E-state index contributed by atoms with van der Waals surface area (Å²) in [5.41, 5.74) is 0.0569. The van der Waals surface area contributed by atoms with E-state index in [1.807, 2.05) is 28.7 Å². The van der Waals surface area contributed by atoms with Gasteiger partial charge in [0.2, 0.25) is 0 Å². The SMILES string of the molecule is N#Cc1ccc(S(=O)(=O)CCn2ncc(I)cc2=O)cc1. The summed E-state index contributed by atoms with van der Waals surface area (Å²) >= 11 is 1.96. The summed E-state index contributed by atoms with van der Waals surface area (Å²) in [6.07, 6.45) is 1.50. The number of aromatic nitrogens is 2. The van der Waals surface area contributed by atoms with Crippen molar-refractivity contribution in [2.45, 2.75) is 11.4 Å². The lowest BCUT2D eigenvalue weighted by atomic mass is 10.2. The zero-order valence-electron chi connectivity index (χ0n) is 10.7. The first-order chi connectivity index (χ1) is 9.92. The topological polar surface area (TPSA) is 92.8 Å². The van der Waals surface area contributed by atoms with Gasteiger partial charge in [-0.3, -0.25) is 4.79 Å². The van der Waals surface area contributed by atoms with Gasteiger partial charge in [-0.2, -0.15) is 10.4 Å². The maximum Gasteiger partial charge on any atom is 0.267 e. The highest BCUT2D eigenvalue weighted by Crippen LogP contribution is 2.12. The maximum atomic E-state index is 12.2. The highest BCUT2D eigenvalue weighted by atomic mass is 127. The number of rotatable bonds is 4. The Hall–Kier alpha value is -1.73. The van der Waals surface area contributed by atoms with Crippen molar-refractivity contribution in [1.82, 2.24) is 9.78 Å². The van der Waals surface area contributed by atoms with E-state index in [1.165, 1.54) is 36.5 Å². The fourth-order valence-corrected chi connectivity index (χ4v) is 3.23. The molecule has 108 valence electrons. The molecule has 1 heterocycles. The third-order valence-corrected chi connectivity index (χ3v) is 5.05. The van der Waals surface area contributed by atoms with Crippen LogP contribution in [0.3, 0.4) is 0 Å². The van der Waals surface area contributed by atoms with E-state index < -0.39 is 9.84 Å². The van der Waals surface area contributed by atoms with Crippen LogP contribution in [0.25, 0.3) is 0 Å². The van der Waals surface area contributed by atoms with Crippen molar-refractivity contribution in [3.8, 4) is 6.07 Å². The molecule has 1 aromatic heterocycles. The molecular formula is C13H10IN3O3S. The molecule has 0 saturated carbocycles. The van der Waals surface area contributed by atoms with Crippen LogP contribution >= 0.6 is 22.6 Å². The van der Waals surface area contributed by atoms with Crippen LogP contribution in [-0.2, 0) is 16.4 Å². The molecule has 0 aliphatic carbocycles. The number of sulfone groups is 1. The summed E-state index contributed by atoms with van der Waals surface area (Å²) in [5.74, 6) is -0.230. The standard InChI is InChI=1S/C13H10IN3O3S/c14-11-7-13(18)17(16-9-11)5-6-21(19,20)12-3-1-10(8-15)2-4-12/h1-4,7,9H,5-6H2. The molecule has 0 radical (unpaired) electrons. The van der Waals surface area contributed by atoms with Crippen molar-refractivity contribution >= 4 is 32.4 Å². The van der Waals surface area contributed by atoms with Gasteiger partial charge in [-0.15, -0.1) is 0 Å². The Balaban J connectivity index is 2.17. The minimum absolute atomic E-state index is 0.0158. The number of aryl methyl sites for hydroxylation is 1. The smallest absolute Gasteiger partial charge is 0.267 e. The van der Waals surface area contributed by atoms with Crippen molar-refractivity contribution in [1.29, 1.82) is 5.26 Å². The molecule has 2 rings (SSSR count). The maximum absolute atomic E-state index is 12.2. The van der Waals surface area contributed by atoms with Gasteiger partial charge in [0.25, 0.3) is 5.56 Å². The van der Waals surface area contributed by atoms with Gasteiger partial charge in [-0.05, 0) is 46.9 Å². The summed E-state index contributed by atoms with van der Waals surface area (Å²) < 4.78 is 26.1. The number of hydrogen-bond donors (Lipinski definition) is 0. The van der Waals surface area contributed by atoms with Gasteiger partial charge in [0, 0.05) is 9.64 Å². The van der Waals surface area contributed by atoms with E-state index in [2.05, 4.69) is 5.10 Å². The van der Waals surface area contributed by atoms with Gasteiger partial charge in [-0.25, -0.2) is 13.1 Å². The minimum Gasteiger partial charge on any atom is -0.268 e. The Morgan fingerprint density at radius 2 is 1.95 bits per heavy atom. The first-order valence-electron chi connectivity index (χ1n) is 5.88. The van der Waals surface area contributed by atoms with Crippen LogP contribution in [0.1, 0.15) is 5.56 Å². The summed E-state index contributed by atoms with van der Waals surface area (Å²) in [7, 11) is -3.52. The normalized spacial score (nSPS) is 11.0. The van der Waals surface area contributed by atoms with Gasteiger partial charge >= 0.3 is 0 Å². The number of benzene rings is 1. The van der Waals surface area contributed by atoms with Crippen molar-refractivity contribution < 1.29 is 8.42 Å². The minimum atomic E-state index is -3.52. The molecule has 0 fully saturated rings. The van der Waals surface area contributed by atoms with Crippen LogP contribution in [0.15, 0.2) is 46.2 Å². The van der Waals surface area contributed by atoms with Gasteiger partial charge in [0.1, 0.15) is 0 Å². The molecule has 0 amide bonds. The zero-order chi connectivity index (χ0) is 15.5. The van der Waals surface area contributed by atoms with Crippen LogP contribution < -0.4 is 5.56 Å². The molecule has 21 heavy (non-hydrogen) atoms. The molecule has 0 aliphatic heterocycles. The van der Waals surface area contributed by atoms with E-state index in [-0.39, 0.29) is 22.8 Å². The lowest BCUT2D eigenvalue weighted by Gasteiger charge is -2.06. The van der Waals surface area contributed by atoms with Gasteiger partial charge in [0.15, 0.2) is 9.84 Å². The quantitative estimate of drug-likeness (QED) is 0.700. The van der Waals surface area contributed by atoms with Gasteiger partial charge in [0.05, 0.1) is 35.0 Å². The number of nitriles is 1. The molecular weight excluding hydrogens is 405 g/mol. The van der Waals surface area contributed by atoms with E-state index in [0.29, 0.717) is 9.13 Å². The Bertz CT molecular complexity index is 851. The molecule has 6 nitrogen and oxygen atoms in total. The predicted octanol–water partition coefficient (Wildman–Crippen LogP) is 1.19. The monoisotopic (exact) mass is 415 g/mol. The average Bonchev–Trinajstić information content (AvgIpc) is 2.46. The highest BCUT2D eigenvalue weighted by Gasteiger charge is 2.15. The van der Waals surface area contributed by atoms with Crippen LogP contribution in [0.4, 0.5) is 0 Å². The zero-order valence-corrected chi connectivity index (χ0v) is 13.7. The molecule has 2 aromatic rings. The lowest BCUT2D eigenvalue weighted by molar-refractivity contribution is 0.570. The van der Waals surface area contributed by atoms with E-state index in [1.54, 1.807) is 0 Å². The van der Waals surface area contributed by atoms with Crippen LogP contribution in [-0.4, -0.2) is 24.0 Å². The Labute approximate surface area is 135 Å². The summed E-state index contributed by atoms with van der Waals surface area (Å²) in [6.45, 7) is -0.0158. The molecule has 0 aliphatic rings. The fraction of sp³-hybridized carbons (Fsp3) is 0.154. The summed E-state index contributed by atoms with van der Waals surface area (Å²) in [6, 6.07) is 8.98. The third-order valence-electron chi connectivity index (χ3n) is 2.75. The van der Waals surface area contributed by atoms with E-state index in [0.717, 1.165) is 4.68 Å². The summed E-state index contributed by atoms with van der Waals surface area (Å²) in [5, 5.41) is 12.6. The van der Waals surface area contributed by atoms with Crippen molar-refractivity contribution in [3.63, 3.8) is 0 Å². The molecule has 0 saturated heterocycles. The van der Waals surface area contributed by atoms with Crippen LogP contribution in [0.2, 0.25) is 0 Å². The van der Waals surface area contributed by atoms with Crippen molar-refractivity contribution in [3.05, 3.63) is 56.0 Å². The van der Waals surface area contributed by atoms with Crippen LogP contribution in [0.5, 0.6) is 0 Å². The Morgan fingerprint density at radius 3 is 2.52 bits per heavy atom. The van der Waals surface area contributed by atoms with Crippen LogP contribution in [0, 0.1) is 14.9 Å². The molecule has 0 unspecified atom stereocenters. The highest BCUT2D eigenvalue weighted by molar-refractivity contribution is 14.1. The summed E-state index contributed by atoms with van der Waals surface area (Å²) in [4.78, 5) is 11.8. The largest absolute Gasteiger partial charge is 0.268 e. The average molecular weight is 415 g/mol. The van der Waals surface area contributed by atoms with E-state index in [9.17, 15) is 13.2 Å². The second-order valence-electron chi connectivity index (χ2n) is 4.19. The lowest BCUT2D eigenvalue weighted by Crippen LogP contribution is -2.26. The van der Waals surface area contributed by atoms with Crippen molar-refractivity contribution in [2.24, 2.45) is 0 Å². The van der Waals surface area contributed by atoms with E-state index in [4.69, 9.17) is 5.26 Å². The first kappa shape index (κ1) is 15.7. The molecule has 0 spiro atoms. The van der Waals surface area contributed by atoms with Gasteiger partial charge in [-0.1, -0.05) is 0 Å². The molecule has 0 bridgehead atoms. The molecule has 1 aromatic carbocycles. The number of nitrogens with zero attached hydrogens (tertiary/aromatic N) is 3. The first-order valence-corrected chi connectivity index (χ1v) is 8.61.